The molecule has 0 fully saturated rings. The van der Waals surface area contributed by atoms with Crippen LogP contribution in [-0.2, 0) is 6.42 Å². The summed E-state index contributed by atoms with van der Waals surface area (Å²) in [7, 11) is 0. The monoisotopic (exact) mass is 208 g/mol. The van der Waals surface area contributed by atoms with Crippen LogP contribution in [0.4, 0.5) is 0 Å². The molecular formula is C14H12N2. The van der Waals surface area contributed by atoms with Crippen molar-refractivity contribution in [3.05, 3.63) is 53.8 Å². The minimum atomic E-state index is -0.604. The first-order valence-electron chi connectivity index (χ1n) is 5.01. The van der Waals surface area contributed by atoms with E-state index in [9.17, 15) is 0 Å². The molecule has 1 aromatic rings. The summed E-state index contributed by atoms with van der Waals surface area (Å²) in [6, 6.07) is 13.8. The maximum Gasteiger partial charge on any atom is 0.137 e. The first kappa shape index (κ1) is 11.8. The second-order valence-electron chi connectivity index (χ2n) is 3.46. The smallest absolute Gasteiger partial charge is 0.137 e. The molecule has 0 saturated heterocycles. The number of hydrogen-bond donors (Lipinski definition) is 0. The molecule has 16 heavy (non-hydrogen) atoms. The van der Waals surface area contributed by atoms with E-state index in [-0.39, 0.29) is 0 Å². The zero-order valence-electron chi connectivity index (χ0n) is 8.98. The van der Waals surface area contributed by atoms with E-state index in [2.05, 4.69) is 12.3 Å². The van der Waals surface area contributed by atoms with Crippen LogP contribution in [0.15, 0.2) is 48.2 Å². The molecule has 2 nitrogen and oxygen atoms in total. The van der Waals surface area contributed by atoms with Crippen LogP contribution in [0, 0.1) is 28.6 Å². The lowest BCUT2D eigenvalue weighted by Crippen LogP contribution is -1.98. The van der Waals surface area contributed by atoms with E-state index in [4.69, 9.17) is 10.5 Å². The van der Waals surface area contributed by atoms with Crippen molar-refractivity contribution in [3.8, 4) is 12.1 Å². The molecule has 0 spiro atoms. The zero-order chi connectivity index (χ0) is 11.8. The topological polar surface area (TPSA) is 47.6 Å². The Labute approximate surface area is 95.8 Å². The van der Waals surface area contributed by atoms with Gasteiger partial charge in [-0.3, -0.25) is 0 Å². The van der Waals surface area contributed by atoms with Gasteiger partial charge in [0.25, 0.3) is 0 Å². The molecule has 0 radical (unpaired) electrons. The lowest BCUT2D eigenvalue weighted by Gasteiger charge is -2.04. The summed E-state index contributed by atoms with van der Waals surface area (Å²) in [5, 5.41) is 17.4. The van der Waals surface area contributed by atoms with Crippen LogP contribution >= 0.6 is 0 Å². The average molecular weight is 208 g/mol. The maximum absolute atomic E-state index is 8.70. The lowest BCUT2D eigenvalue weighted by atomic mass is 9.97. The molecule has 0 bridgehead atoms. The van der Waals surface area contributed by atoms with Gasteiger partial charge in [0.15, 0.2) is 0 Å². The quantitative estimate of drug-likeness (QED) is 0.714. The summed E-state index contributed by atoms with van der Waals surface area (Å²) in [6.07, 6.45) is 1.12. The highest BCUT2D eigenvalue weighted by atomic mass is 14.3. The van der Waals surface area contributed by atoms with E-state index < -0.39 is 5.92 Å². The van der Waals surface area contributed by atoms with Gasteiger partial charge in [-0.2, -0.15) is 10.5 Å². The largest absolute Gasteiger partial charge is 0.197 e. The van der Waals surface area contributed by atoms with Gasteiger partial charge in [0.2, 0.25) is 0 Å². The average Bonchev–Trinajstić information content (AvgIpc) is 2.35. The van der Waals surface area contributed by atoms with Gasteiger partial charge in [-0.05, 0) is 11.1 Å². The van der Waals surface area contributed by atoms with Crippen LogP contribution in [0.5, 0.6) is 0 Å². The number of nitriles is 2. The highest BCUT2D eigenvalue weighted by molar-refractivity contribution is 5.23. The van der Waals surface area contributed by atoms with Gasteiger partial charge in [-0.1, -0.05) is 36.9 Å². The summed E-state index contributed by atoms with van der Waals surface area (Å²) < 4.78 is 0. The molecule has 1 rings (SSSR count). The van der Waals surface area contributed by atoms with E-state index in [0.717, 1.165) is 11.1 Å². The van der Waals surface area contributed by atoms with Crippen molar-refractivity contribution >= 4 is 0 Å². The zero-order valence-corrected chi connectivity index (χ0v) is 8.98. The van der Waals surface area contributed by atoms with E-state index in [0.29, 0.717) is 12.8 Å². The van der Waals surface area contributed by atoms with Gasteiger partial charge in [-0.25, -0.2) is 0 Å². The van der Waals surface area contributed by atoms with Crippen molar-refractivity contribution in [2.45, 2.75) is 12.8 Å². The Balaban J connectivity index is 2.70. The molecule has 0 saturated carbocycles. The number of rotatable bonds is 4. The molecule has 0 aliphatic heterocycles. The number of hydrogen-bond acceptors (Lipinski definition) is 2. The SMILES string of the molecule is C=C=C(Cc1ccccc1)CC(C#N)C#N. The molecule has 78 valence electrons. The highest BCUT2D eigenvalue weighted by Crippen LogP contribution is 2.14. The van der Waals surface area contributed by atoms with Crippen molar-refractivity contribution in [1.82, 2.24) is 0 Å². The van der Waals surface area contributed by atoms with E-state index in [1.165, 1.54) is 0 Å². The first-order valence-corrected chi connectivity index (χ1v) is 5.01. The van der Waals surface area contributed by atoms with Crippen LogP contribution in [0.3, 0.4) is 0 Å². The Morgan fingerprint density at radius 3 is 2.31 bits per heavy atom. The van der Waals surface area contributed by atoms with Gasteiger partial charge in [0.05, 0.1) is 12.1 Å². The summed E-state index contributed by atoms with van der Waals surface area (Å²) in [5.41, 5.74) is 4.86. The summed E-state index contributed by atoms with van der Waals surface area (Å²) >= 11 is 0. The molecule has 0 aliphatic rings. The Morgan fingerprint density at radius 1 is 1.19 bits per heavy atom. The van der Waals surface area contributed by atoms with E-state index in [1.54, 1.807) is 0 Å². The van der Waals surface area contributed by atoms with Gasteiger partial charge < -0.3 is 0 Å². The Bertz CT molecular complexity index is 454. The van der Waals surface area contributed by atoms with Gasteiger partial charge in [0.1, 0.15) is 5.92 Å². The van der Waals surface area contributed by atoms with Gasteiger partial charge >= 0.3 is 0 Å². The van der Waals surface area contributed by atoms with Crippen molar-refractivity contribution in [2.24, 2.45) is 5.92 Å². The molecule has 1 aromatic carbocycles. The molecule has 0 aliphatic carbocycles. The fraction of sp³-hybridized carbons (Fsp3) is 0.214. The fourth-order valence-corrected chi connectivity index (χ4v) is 1.42. The van der Waals surface area contributed by atoms with Gasteiger partial charge in [-0.15, -0.1) is 5.73 Å². The lowest BCUT2D eigenvalue weighted by molar-refractivity contribution is 0.801. The third-order valence-corrected chi connectivity index (χ3v) is 2.27. The Kier molecular flexibility index (Phi) is 4.61. The molecular weight excluding hydrogens is 196 g/mol. The van der Waals surface area contributed by atoms with Crippen LogP contribution in [0.2, 0.25) is 0 Å². The predicted octanol–water partition coefficient (Wildman–Crippen LogP) is 2.99. The van der Waals surface area contributed by atoms with Crippen molar-refractivity contribution in [1.29, 1.82) is 10.5 Å². The molecule has 0 aromatic heterocycles. The molecule has 0 N–H and O–H groups in total. The maximum atomic E-state index is 8.70. The summed E-state index contributed by atoms with van der Waals surface area (Å²) in [5.74, 6) is -0.604. The van der Waals surface area contributed by atoms with Crippen LogP contribution in [-0.4, -0.2) is 0 Å². The number of benzene rings is 1. The minimum absolute atomic E-state index is 0.422. The van der Waals surface area contributed by atoms with E-state index in [1.807, 2.05) is 42.5 Å². The molecule has 2 heteroatoms. The minimum Gasteiger partial charge on any atom is -0.197 e. The summed E-state index contributed by atoms with van der Waals surface area (Å²) in [6.45, 7) is 3.60. The van der Waals surface area contributed by atoms with Crippen LogP contribution in [0.1, 0.15) is 12.0 Å². The highest BCUT2D eigenvalue weighted by Gasteiger charge is 2.09. The second kappa shape index (κ2) is 6.25. The second-order valence-corrected chi connectivity index (χ2v) is 3.46. The number of nitrogens with zero attached hydrogens (tertiary/aromatic N) is 2. The molecule has 0 amide bonds. The Morgan fingerprint density at radius 2 is 1.81 bits per heavy atom. The fourth-order valence-electron chi connectivity index (χ4n) is 1.42. The molecule has 0 atom stereocenters. The summed E-state index contributed by atoms with van der Waals surface area (Å²) in [4.78, 5) is 0. The normalized spacial score (nSPS) is 8.94. The Hall–Kier alpha value is -2.28. The number of allylic oxidation sites excluding steroid dienone is 1. The third-order valence-electron chi connectivity index (χ3n) is 2.27. The standard InChI is InChI=1S/C14H12N2/c1-2-12(9-14(10-15)11-16)8-13-6-4-3-5-7-13/h3-7,14H,1,8-9H2. The molecule has 0 heterocycles. The van der Waals surface area contributed by atoms with Crippen LogP contribution in [0.25, 0.3) is 0 Å². The third kappa shape index (κ3) is 3.46. The van der Waals surface area contributed by atoms with Crippen molar-refractivity contribution in [3.63, 3.8) is 0 Å². The van der Waals surface area contributed by atoms with E-state index >= 15 is 0 Å². The first-order chi connectivity index (χ1) is 7.80. The van der Waals surface area contributed by atoms with Crippen LogP contribution < -0.4 is 0 Å². The van der Waals surface area contributed by atoms with Gasteiger partial charge in [0, 0.05) is 12.8 Å². The van der Waals surface area contributed by atoms with Crippen molar-refractivity contribution < 1.29 is 0 Å². The van der Waals surface area contributed by atoms with Crippen molar-refractivity contribution in [2.75, 3.05) is 0 Å². The molecule has 0 unspecified atom stereocenters. The predicted molar refractivity (Wildman–Crippen MR) is 62.1 cm³/mol.